The van der Waals surface area contributed by atoms with E-state index in [1.165, 1.54) is 24.5 Å². The molecule has 0 saturated carbocycles. The van der Waals surface area contributed by atoms with Gasteiger partial charge in [0, 0.05) is 0 Å². The van der Waals surface area contributed by atoms with Crippen molar-refractivity contribution in [3.8, 4) is 11.1 Å². The summed E-state index contributed by atoms with van der Waals surface area (Å²) in [5, 5.41) is 17.9. The topological polar surface area (TPSA) is 78.8 Å². The van der Waals surface area contributed by atoms with Crippen LogP contribution in [0.15, 0.2) is 48.5 Å². The number of nitrogens with one attached hydrogen (secondary N) is 1. The molecule has 0 aliphatic carbocycles. The lowest BCUT2D eigenvalue weighted by molar-refractivity contribution is -0.161. The third-order valence-electron chi connectivity index (χ3n) is 3.55. The summed E-state index contributed by atoms with van der Waals surface area (Å²) in [7, 11) is 0. The lowest BCUT2D eigenvalue weighted by Gasteiger charge is -2.25. The Labute approximate surface area is 133 Å². The van der Waals surface area contributed by atoms with E-state index in [0.29, 0.717) is 0 Å². The normalized spacial score (nSPS) is 13.4. The van der Waals surface area contributed by atoms with Gasteiger partial charge in [-0.05, 0) is 35.7 Å². The first kappa shape index (κ1) is 17.1. The summed E-state index contributed by atoms with van der Waals surface area (Å²) in [6.07, 6.45) is 0. The van der Waals surface area contributed by atoms with Crippen LogP contribution in [0.3, 0.4) is 0 Å². The van der Waals surface area contributed by atoms with Crippen molar-refractivity contribution >= 4 is 5.91 Å². The van der Waals surface area contributed by atoms with Gasteiger partial charge in [-0.2, -0.15) is 0 Å². The summed E-state index contributed by atoms with van der Waals surface area (Å²) < 4.78 is 18.6. The molecule has 0 saturated heterocycles. The van der Waals surface area contributed by atoms with Crippen molar-refractivity contribution in [2.45, 2.75) is 19.1 Å². The van der Waals surface area contributed by atoms with E-state index in [2.05, 4.69) is 0 Å². The maximum atomic E-state index is 13.2. The molecule has 0 heterocycles. The van der Waals surface area contributed by atoms with E-state index in [1.54, 1.807) is 18.2 Å². The standard InChI is InChI=1S/C17H18FNO4/c1-17(11-20,16(21)19-22)23-10-12-5-7-13(8-6-12)14-3-2-4-15(18)9-14/h2-9,20,22H,10-11H2,1H3,(H,19,21). The molecule has 0 spiro atoms. The molecule has 2 aromatic rings. The molecule has 23 heavy (non-hydrogen) atoms. The molecule has 2 rings (SSSR count). The van der Waals surface area contributed by atoms with Crippen molar-refractivity contribution in [1.82, 2.24) is 5.48 Å². The van der Waals surface area contributed by atoms with Crippen LogP contribution in [0.5, 0.6) is 0 Å². The smallest absolute Gasteiger partial charge is 0.277 e. The SMILES string of the molecule is CC(CO)(OCc1ccc(-c2cccc(F)c2)cc1)C(=O)NO. The van der Waals surface area contributed by atoms with Gasteiger partial charge in [0.1, 0.15) is 5.82 Å². The summed E-state index contributed by atoms with van der Waals surface area (Å²) >= 11 is 0. The molecule has 122 valence electrons. The molecule has 0 radical (unpaired) electrons. The van der Waals surface area contributed by atoms with Gasteiger partial charge in [0.15, 0.2) is 5.60 Å². The van der Waals surface area contributed by atoms with Crippen molar-refractivity contribution in [3.63, 3.8) is 0 Å². The quantitative estimate of drug-likeness (QED) is 0.564. The molecular formula is C17H18FNO4. The second kappa shape index (κ2) is 7.32. The van der Waals surface area contributed by atoms with E-state index < -0.39 is 18.1 Å². The highest BCUT2D eigenvalue weighted by molar-refractivity contribution is 5.83. The minimum absolute atomic E-state index is 0.0773. The van der Waals surface area contributed by atoms with E-state index in [0.717, 1.165) is 16.7 Å². The van der Waals surface area contributed by atoms with E-state index in [-0.39, 0.29) is 12.4 Å². The average molecular weight is 319 g/mol. The first-order chi connectivity index (χ1) is 11.0. The summed E-state index contributed by atoms with van der Waals surface area (Å²) in [4.78, 5) is 11.5. The number of ether oxygens (including phenoxy) is 1. The first-order valence-electron chi connectivity index (χ1n) is 7.03. The van der Waals surface area contributed by atoms with Gasteiger partial charge in [0.05, 0.1) is 13.2 Å². The molecule has 0 fully saturated rings. The van der Waals surface area contributed by atoms with Gasteiger partial charge < -0.3 is 9.84 Å². The highest BCUT2D eigenvalue weighted by atomic mass is 19.1. The largest absolute Gasteiger partial charge is 0.393 e. The van der Waals surface area contributed by atoms with Crippen LogP contribution in [0, 0.1) is 5.82 Å². The molecular weight excluding hydrogens is 301 g/mol. The number of hydroxylamine groups is 1. The number of hydrogen-bond acceptors (Lipinski definition) is 4. The van der Waals surface area contributed by atoms with Gasteiger partial charge in [-0.25, -0.2) is 9.87 Å². The molecule has 0 aromatic heterocycles. The Morgan fingerprint density at radius 3 is 2.48 bits per heavy atom. The van der Waals surface area contributed by atoms with Crippen LogP contribution in [0.25, 0.3) is 11.1 Å². The van der Waals surface area contributed by atoms with Crippen molar-refractivity contribution < 1.29 is 24.2 Å². The van der Waals surface area contributed by atoms with Gasteiger partial charge in [-0.3, -0.25) is 10.0 Å². The second-order valence-electron chi connectivity index (χ2n) is 5.33. The third-order valence-corrected chi connectivity index (χ3v) is 3.55. The Bertz CT molecular complexity index is 675. The molecule has 0 bridgehead atoms. The number of halogens is 1. The van der Waals surface area contributed by atoms with E-state index >= 15 is 0 Å². The fraction of sp³-hybridized carbons (Fsp3) is 0.235. The molecule has 3 N–H and O–H groups in total. The lowest BCUT2D eigenvalue weighted by Crippen LogP contribution is -2.48. The Morgan fingerprint density at radius 2 is 1.91 bits per heavy atom. The molecule has 0 aliphatic heterocycles. The average Bonchev–Trinajstić information content (AvgIpc) is 2.59. The molecule has 2 aromatic carbocycles. The Kier molecular flexibility index (Phi) is 5.44. The Balaban J connectivity index is 2.07. The summed E-state index contributed by atoms with van der Waals surface area (Å²) in [6, 6.07) is 13.5. The molecule has 1 amide bonds. The molecule has 1 atom stereocenters. The highest BCUT2D eigenvalue weighted by Crippen LogP contribution is 2.21. The number of aliphatic hydroxyl groups is 1. The number of carbonyl (C=O) groups excluding carboxylic acids is 1. The first-order valence-corrected chi connectivity index (χ1v) is 7.03. The zero-order valence-electron chi connectivity index (χ0n) is 12.6. The van der Waals surface area contributed by atoms with Crippen LogP contribution in [0.2, 0.25) is 0 Å². The fourth-order valence-electron chi connectivity index (χ4n) is 2.01. The number of carbonyl (C=O) groups is 1. The lowest BCUT2D eigenvalue weighted by atomic mass is 10.0. The van der Waals surface area contributed by atoms with Crippen LogP contribution in [-0.2, 0) is 16.1 Å². The molecule has 1 unspecified atom stereocenters. The Morgan fingerprint density at radius 1 is 1.22 bits per heavy atom. The van der Waals surface area contributed by atoms with E-state index in [4.69, 9.17) is 9.94 Å². The zero-order valence-corrected chi connectivity index (χ0v) is 12.6. The zero-order chi connectivity index (χ0) is 16.9. The van der Waals surface area contributed by atoms with Gasteiger partial charge in [0.2, 0.25) is 0 Å². The van der Waals surface area contributed by atoms with Crippen LogP contribution < -0.4 is 5.48 Å². The van der Waals surface area contributed by atoms with Crippen molar-refractivity contribution in [2.24, 2.45) is 0 Å². The minimum atomic E-state index is -1.53. The van der Waals surface area contributed by atoms with Crippen molar-refractivity contribution in [1.29, 1.82) is 0 Å². The number of aliphatic hydroxyl groups excluding tert-OH is 1. The number of amides is 1. The van der Waals surface area contributed by atoms with Crippen LogP contribution in [0.4, 0.5) is 4.39 Å². The molecule has 0 aliphatic rings. The number of benzene rings is 2. The van der Waals surface area contributed by atoms with Crippen molar-refractivity contribution in [2.75, 3.05) is 6.61 Å². The van der Waals surface area contributed by atoms with E-state index in [9.17, 15) is 14.3 Å². The monoisotopic (exact) mass is 319 g/mol. The van der Waals surface area contributed by atoms with Crippen LogP contribution in [-0.4, -0.2) is 28.4 Å². The van der Waals surface area contributed by atoms with Crippen molar-refractivity contribution in [3.05, 3.63) is 59.9 Å². The molecule has 6 heteroatoms. The minimum Gasteiger partial charge on any atom is -0.393 e. The van der Waals surface area contributed by atoms with Gasteiger partial charge in [-0.15, -0.1) is 0 Å². The summed E-state index contributed by atoms with van der Waals surface area (Å²) in [6.45, 7) is 0.883. The maximum Gasteiger partial charge on any atom is 0.277 e. The van der Waals surface area contributed by atoms with Gasteiger partial charge >= 0.3 is 0 Å². The predicted molar refractivity (Wildman–Crippen MR) is 82.0 cm³/mol. The fourth-order valence-corrected chi connectivity index (χ4v) is 2.01. The highest BCUT2D eigenvalue weighted by Gasteiger charge is 2.33. The van der Waals surface area contributed by atoms with E-state index in [1.807, 2.05) is 18.2 Å². The van der Waals surface area contributed by atoms with Gasteiger partial charge in [0.25, 0.3) is 5.91 Å². The van der Waals surface area contributed by atoms with Crippen LogP contribution in [0.1, 0.15) is 12.5 Å². The third kappa shape index (κ3) is 4.13. The van der Waals surface area contributed by atoms with Gasteiger partial charge in [-0.1, -0.05) is 36.4 Å². The maximum absolute atomic E-state index is 13.2. The summed E-state index contributed by atoms with van der Waals surface area (Å²) in [5.74, 6) is -1.12. The second-order valence-corrected chi connectivity index (χ2v) is 5.33. The summed E-state index contributed by atoms with van der Waals surface area (Å²) in [5.41, 5.74) is 2.33. The predicted octanol–water partition coefficient (Wildman–Crippen LogP) is 2.27. The van der Waals surface area contributed by atoms with Crippen LogP contribution >= 0.6 is 0 Å². The Hall–Kier alpha value is -2.28. The number of hydrogen-bond donors (Lipinski definition) is 3. The molecule has 5 nitrogen and oxygen atoms in total. The number of rotatable bonds is 6.